The molecule has 178 valence electrons. The van der Waals surface area contributed by atoms with Gasteiger partial charge in [0.1, 0.15) is 0 Å². The molecule has 1 atom stereocenters. The van der Waals surface area contributed by atoms with Crippen molar-refractivity contribution in [3.8, 4) is 0 Å². The number of hydrogen-bond acceptors (Lipinski definition) is 6. The van der Waals surface area contributed by atoms with E-state index in [0.717, 1.165) is 31.8 Å². The highest BCUT2D eigenvalue weighted by molar-refractivity contribution is 7.89. The highest BCUT2D eigenvalue weighted by atomic mass is 32.2. The maximum absolute atomic E-state index is 13.1. The van der Waals surface area contributed by atoms with Crippen LogP contribution in [0, 0.1) is 0 Å². The molecule has 2 heterocycles. The fourth-order valence-electron chi connectivity index (χ4n) is 4.21. The zero-order valence-corrected chi connectivity index (χ0v) is 19.7. The highest BCUT2D eigenvalue weighted by Crippen LogP contribution is 2.21. The summed E-state index contributed by atoms with van der Waals surface area (Å²) < 4.78 is 38.5. The van der Waals surface area contributed by atoms with Gasteiger partial charge < -0.3 is 14.8 Å². The van der Waals surface area contributed by atoms with Gasteiger partial charge in [-0.1, -0.05) is 36.4 Å². The average molecular weight is 474 g/mol. The third kappa shape index (κ3) is 5.99. The van der Waals surface area contributed by atoms with Crippen molar-refractivity contribution in [1.29, 1.82) is 0 Å². The molecular weight excluding hydrogens is 442 g/mol. The summed E-state index contributed by atoms with van der Waals surface area (Å²) in [5.74, 6) is -0.408. The van der Waals surface area contributed by atoms with Crippen LogP contribution in [-0.2, 0) is 32.6 Å². The second-order valence-corrected chi connectivity index (χ2v) is 10.3. The average Bonchev–Trinajstić information content (AvgIpc) is 2.83. The Kier molecular flexibility index (Phi) is 7.77. The van der Waals surface area contributed by atoms with E-state index in [9.17, 15) is 13.2 Å². The molecule has 1 amide bonds. The molecule has 2 saturated heterocycles. The normalized spacial score (nSPS) is 20.5. The molecule has 2 fully saturated rings. The van der Waals surface area contributed by atoms with Gasteiger partial charge in [-0.05, 0) is 30.2 Å². The lowest BCUT2D eigenvalue weighted by Crippen LogP contribution is -2.41. The van der Waals surface area contributed by atoms with Gasteiger partial charge in [-0.25, -0.2) is 8.42 Å². The summed E-state index contributed by atoms with van der Waals surface area (Å²) in [6, 6.07) is 14.5. The summed E-state index contributed by atoms with van der Waals surface area (Å²) in [5.41, 5.74) is 2.30. The van der Waals surface area contributed by atoms with Crippen molar-refractivity contribution in [2.45, 2.75) is 31.0 Å². The van der Waals surface area contributed by atoms with Crippen molar-refractivity contribution in [2.75, 3.05) is 46.0 Å². The van der Waals surface area contributed by atoms with Gasteiger partial charge in [0.25, 0.3) is 5.91 Å². The lowest BCUT2D eigenvalue weighted by Gasteiger charge is -2.31. The largest absolute Gasteiger partial charge is 0.379 e. The third-order valence-electron chi connectivity index (χ3n) is 5.90. The van der Waals surface area contributed by atoms with E-state index in [4.69, 9.17) is 9.47 Å². The molecule has 0 bridgehead atoms. The van der Waals surface area contributed by atoms with E-state index >= 15 is 0 Å². The number of morpholine rings is 2. The Morgan fingerprint density at radius 3 is 2.58 bits per heavy atom. The Bertz CT molecular complexity index is 1070. The second kappa shape index (κ2) is 10.8. The monoisotopic (exact) mass is 473 g/mol. The van der Waals surface area contributed by atoms with Crippen LogP contribution < -0.4 is 5.32 Å². The van der Waals surface area contributed by atoms with Crippen molar-refractivity contribution < 1.29 is 22.7 Å². The van der Waals surface area contributed by atoms with Crippen LogP contribution >= 0.6 is 0 Å². The number of nitrogens with one attached hydrogen (secondary N) is 1. The van der Waals surface area contributed by atoms with Crippen molar-refractivity contribution in [3.05, 3.63) is 65.2 Å². The number of carbonyl (C=O) groups is 1. The first kappa shape index (κ1) is 23.8. The van der Waals surface area contributed by atoms with Crippen LogP contribution in [-0.4, -0.2) is 75.6 Å². The number of benzene rings is 2. The van der Waals surface area contributed by atoms with E-state index in [1.54, 1.807) is 18.2 Å². The molecule has 2 aromatic rings. The quantitative estimate of drug-likeness (QED) is 0.661. The fraction of sp³-hybridized carbons (Fsp3) is 0.458. The van der Waals surface area contributed by atoms with Crippen LogP contribution in [0.5, 0.6) is 0 Å². The molecule has 0 aliphatic carbocycles. The van der Waals surface area contributed by atoms with E-state index in [1.807, 2.05) is 12.1 Å². The van der Waals surface area contributed by atoms with E-state index in [-0.39, 0.29) is 29.7 Å². The number of amides is 1. The summed E-state index contributed by atoms with van der Waals surface area (Å²) in [6.45, 7) is 7.04. The molecule has 9 heteroatoms. The molecule has 0 aromatic heterocycles. The Morgan fingerprint density at radius 2 is 1.79 bits per heavy atom. The van der Waals surface area contributed by atoms with Crippen LogP contribution in [0.1, 0.15) is 28.4 Å². The molecule has 2 aliphatic heterocycles. The summed E-state index contributed by atoms with van der Waals surface area (Å²) in [4.78, 5) is 15.4. The Morgan fingerprint density at radius 1 is 1.03 bits per heavy atom. The van der Waals surface area contributed by atoms with Gasteiger partial charge in [0, 0.05) is 39.3 Å². The zero-order chi connectivity index (χ0) is 23.3. The van der Waals surface area contributed by atoms with Crippen molar-refractivity contribution in [3.63, 3.8) is 0 Å². The predicted molar refractivity (Wildman–Crippen MR) is 124 cm³/mol. The lowest BCUT2D eigenvalue weighted by atomic mass is 10.1. The SMILES string of the molecule is CC1CN(Cc2cccc(CNC(=O)c3ccccc3S(=O)(=O)N3CCOCC3)c2)CCO1. The smallest absolute Gasteiger partial charge is 0.252 e. The minimum atomic E-state index is -3.77. The third-order valence-corrected chi connectivity index (χ3v) is 7.85. The van der Waals surface area contributed by atoms with Gasteiger partial charge in [0.2, 0.25) is 10.0 Å². The topological polar surface area (TPSA) is 88.2 Å². The van der Waals surface area contributed by atoms with E-state index in [1.165, 1.54) is 15.9 Å². The minimum absolute atomic E-state index is 0.0274. The molecule has 4 rings (SSSR count). The molecule has 2 aliphatic rings. The summed E-state index contributed by atoms with van der Waals surface area (Å²) in [5, 5.41) is 2.89. The molecule has 0 saturated carbocycles. The Labute approximate surface area is 195 Å². The van der Waals surface area contributed by atoms with Crippen LogP contribution in [0.4, 0.5) is 0 Å². The van der Waals surface area contributed by atoms with Crippen LogP contribution in [0.2, 0.25) is 0 Å². The lowest BCUT2D eigenvalue weighted by molar-refractivity contribution is -0.0212. The van der Waals surface area contributed by atoms with Gasteiger partial charge >= 0.3 is 0 Å². The number of carbonyl (C=O) groups excluding carboxylic acids is 1. The minimum Gasteiger partial charge on any atom is -0.379 e. The number of hydrogen-bond donors (Lipinski definition) is 1. The summed E-state index contributed by atoms with van der Waals surface area (Å²) in [7, 11) is -3.77. The maximum atomic E-state index is 13.1. The van der Waals surface area contributed by atoms with Gasteiger partial charge in [-0.3, -0.25) is 9.69 Å². The van der Waals surface area contributed by atoms with Gasteiger partial charge in [0.05, 0.1) is 36.4 Å². The summed E-state index contributed by atoms with van der Waals surface area (Å²) in [6.07, 6.45) is 0.232. The fourth-order valence-corrected chi connectivity index (χ4v) is 5.81. The molecule has 1 unspecified atom stereocenters. The summed E-state index contributed by atoms with van der Waals surface area (Å²) >= 11 is 0. The first-order valence-electron chi connectivity index (χ1n) is 11.3. The highest BCUT2D eigenvalue weighted by Gasteiger charge is 2.30. The molecule has 0 radical (unpaired) electrons. The predicted octanol–water partition coefficient (Wildman–Crippen LogP) is 1.86. The number of sulfonamides is 1. The number of ether oxygens (including phenoxy) is 2. The van der Waals surface area contributed by atoms with Crippen molar-refractivity contribution in [2.24, 2.45) is 0 Å². The molecule has 8 nitrogen and oxygen atoms in total. The zero-order valence-electron chi connectivity index (χ0n) is 18.9. The maximum Gasteiger partial charge on any atom is 0.252 e. The molecule has 1 N–H and O–H groups in total. The van der Waals surface area contributed by atoms with Crippen LogP contribution in [0.15, 0.2) is 53.4 Å². The first-order chi connectivity index (χ1) is 15.9. The van der Waals surface area contributed by atoms with Crippen LogP contribution in [0.25, 0.3) is 0 Å². The van der Waals surface area contributed by atoms with Gasteiger partial charge in [-0.15, -0.1) is 0 Å². The van der Waals surface area contributed by atoms with E-state index in [2.05, 4.69) is 29.3 Å². The van der Waals surface area contributed by atoms with E-state index < -0.39 is 15.9 Å². The number of rotatable bonds is 7. The second-order valence-electron chi connectivity index (χ2n) is 8.43. The first-order valence-corrected chi connectivity index (χ1v) is 12.7. The standard InChI is InChI=1S/C24H31N3O5S/c1-19-17-26(9-14-32-19)18-21-6-4-5-20(15-21)16-25-24(28)22-7-2-3-8-23(22)33(29,30)27-10-12-31-13-11-27/h2-8,15,19H,9-14,16-18H2,1H3,(H,25,28). The molecule has 0 spiro atoms. The molecular formula is C24H31N3O5S. The van der Waals surface area contributed by atoms with Crippen molar-refractivity contribution in [1.82, 2.24) is 14.5 Å². The van der Waals surface area contributed by atoms with E-state index in [0.29, 0.717) is 19.8 Å². The molecule has 33 heavy (non-hydrogen) atoms. The Balaban J connectivity index is 1.42. The van der Waals surface area contributed by atoms with Crippen molar-refractivity contribution >= 4 is 15.9 Å². The van der Waals surface area contributed by atoms with Gasteiger partial charge in [0.15, 0.2) is 0 Å². The van der Waals surface area contributed by atoms with Crippen LogP contribution in [0.3, 0.4) is 0 Å². The number of nitrogens with zero attached hydrogens (tertiary/aromatic N) is 2. The Hall–Kier alpha value is -2.30. The van der Waals surface area contributed by atoms with Gasteiger partial charge in [-0.2, -0.15) is 4.31 Å². The molecule has 2 aromatic carbocycles.